The molecular formula is C23H24FN5O2. The lowest BCUT2D eigenvalue weighted by Crippen LogP contribution is -2.14. The number of hydrogen-bond acceptors (Lipinski definition) is 6. The minimum absolute atomic E-state index is 0.0950. The molecule has 1 atom stereocenters. The number of nitrogens with two attached hydrogens (primary N) is 1. The zero-order chi connectivity index (χ0) is 21.8. The van der Waals surface area contributed by atoms with Crippen LogP contribution in [-0.4, -0.2) is 34.5 Å². The highest BCUT2D eigenvalue weighted by molar-refractivity contribution is 5.69. The Labute approximate surface area is 180 Å². The van der Waals surface area contributed by atoms with Crippen LogP contribution in [0, 0.1) is 11.3 Å². The topological polar surface area (TPSA) is 99.0 Å². The molecule has 0 spiro atoms. The number of nitriles is 1. The Morgan fingerprint density at radius 3 is 2.77 bits per heavy atom. The van der Waals surface area contributed by atoms with Gasteiger partial charge in [-0.15, -0.1) is 0 Å². The molecule has 0 amide bonds. The normalized spacial score (nSPS) is 15.4. The summed E-state index contributed by atoms with van der Waals surface area (Å²) in [6.45, 7) is 1.37. The standard InChI is InChI=1S/C23H24FN5O2/c1-29-23(11-21(28-29)16-6-8-30-9-7-16)31-22-10-15(12-25)2-4-18(22)20-5-3-17(14-27-20)19(24)13-26/h2-5,10-11,14,16,19H,6-9,13,26H2,1H3/t19-/m1/s1. The van der Waals surface area contributed by atoms with Crippen molar-refractivity contribution >= 4 is 0 Å². The second kappa shape index (κ2) is 9.25. The maximum Gasteiger partial charge on any atom is 0.217 e. The van der Waals surface area contributed by atoms with Crippen LogP contribution in [0.1, 0.15) is 41.8 Å². The van der Waals surface area contributed by atoms with Crippen LogP contribution >= 0.6 is 0 Å². The highest BCUT2D eigenvalue weighted by atomic mass is 19.1. The average molecular weight is 421 g/mol. The van der Waals surface area contributed by atoms with E-state index in [1.54, 1.807) is 35.0 Å². The van der Waals surface area contributed by atoms with Gasteiger partial charge in [0.15, 0.2) is 0 Å². The van der Waals surface area contributed by atoms with Gasteiger partial charge >= 0.3 is 0 Å². The minimum atomic E-state index is -1.25. The predicted octanol–water partition coefficient (Wildman–Crippen LogP) is 4.01. The molecule has 1 aliphatic heterocycles. The van der Waals surface area contributed by atoms with Crippen LogP contribution in [-0.2, 0) is 11.8 Å². The third kappa shape index (κ3) is 4.58. The Kier molecular flexibility index (Phi) is 6.26. The van der Waals surface area contributed by atoms with Crippen LogP contribution in [0.4, 0.5) is 4.39 Å². The number of benzene rings is 1. The SMILES string of the molecule is Cn1nc(C2CCOCC2)cc1Oc1cc(C#N)ccc1-c1ccc([C@H](F)CN)cn1. The number of rotatable bonds is 6. The van der Waals surface area contributed by atoms with Gasteiger partial charge in [-0.1, -0.05) is 6.07 Å². The van der Waals surface area contributed by atoms with Gasteiger partial charge in [0.1, 0.15) is 11.9 Å². The number of halogens is 1. The van der Waals surface area contributed by atoms with Crippen molar-refractivity contribution in [2.24, 2.45) is 12.8 Å². The summed E-state index contributed by atoms with van der Waals surface area (Å²) in [6.07, 6.45) is 2.08. The summed E-state index contributed by atoms with van der Waals surface area (Å²) in [5, 5.41) is 14.0. The third-order valence-corrected chi connectivity index (χ3v) is 5.45. The van der Waals surface area contributed by atoms with Gasteiger partial charge < -0.3 is 15.2 Å². The van der Waals surface area contributed by atoms with Crippen LogP contribution < -0.4 is 10.5 Å². The fourth-order valence-corrected chi connectivity index (χ4v) is 3.65. The molecule has 3 aromatic rings. The van der Waals surface area contributed by atoms with Gasteiger partial charge in [0, 0.05) is 56.1 Å². The summed E-state index contributed by atoms with van der Waals surface area (Å²) in [7, 11) is 1.83. The fourth-order valence-electron chi connectivity index (χ4n) is 3.65. The second-order valence-electron chi connectivity index (χ2n) is 7.52. The van der Waals surface area contributed by atoms with Crippen molar-refractivity contribution in [3.8, 4) is 29.0 Å². The van der Waals surface area contributed by atoms with Gasteiger partial charge in [0.2, 0.25) is 5.88 Å². The van der Waals surface area contributed by atoms with Crippen molar-refractivity contribution in [1.29, 1.82) is 5.26 Å². The van der Waals surface area contributed by atoms with Crippen LogP contribution in [0.2, 0.25) is 0 Å². The first-order chi connectivity index (χ1) is 15.1. The van der Waals surface area contributed by atoms with Crippen molar-refractivity contribution in [1.82, 2.24) is 14.8 Å². The van der Waals surface area contributed by atoms with Crippen molar-refractivity contribution in [2.45, 2.75) is 24.9 Å². The van der Waals surface area contributed by atoms with Crippen molar-refractivity contribution in [3.05, 3.63) is 59.4 Å². The molecule has 31 heavy (non-hydrogen) atoms. The van der Waals surface area contributed by atoms with Gasteiger partial charge in [0.05, 0.1) is 23.0 Å². The van der Waals surface area contributed by atoms with E-state index in [9.17, 15) is 9.65 Å². The third-order valence-electron chi connectivity index (χ3n) is 5.45. The summed E-state index contributed by atoms with van der Waals surface area (Å²) >= 11 is 0. The number of ether oxygens (including phenoxy) is 2. The molecule has 1 saturated heterocycles. The molecule has 160 valence electrons. The number of hydrogen-bond donors (Lipinski definition) is 1. The lowest BCUT2D eigenvalue weighted by Gasteiger charge is -2.19. The number of aromatic nitrogens is 3. The lowest BCUT2D eigenvalue weighted by molar-refractivity contribution is 0.0844. The fraction of sp³-hybridized carbons (Fsp3) is 0.348. The van der Waals surface area contributed by atoms with Crippen LogP contribution in [0.25, 0.3) is 11.3 Å². The van der Waals surface area contributed by atoms with Crippen LogP contribution in [0.5, 0.6) is 11.6 Å². The van der Waals surface area contributed by atoms with Crippen molar-refractivity contribution in [2.75, 3.05) is 19.8 Å². The Morgan fingerprint density at radius 1 is 1.29 bits per heavy atom. The molecule has 2 N–H and O–H groups in total. The highest BCUT2D eigenvalue weighted by Gasteiger charge is 2.21. The molecule has 1 aliphatic rings. The first-order valence-electron chi connectivity index (χ1n) is 10.2. The van der Waals surface area contributed by atoms with E-state index in [2.05, 4.69) is 16.2 Å². The summed E-state index contributed by atoms with van der Waals surface area (Å²) in [5.41, 5.74) is 8.57. The first-order valence-corrected chi connectivity index (χ1v) is 10.2. The minimum Gasteiger partial charge on any atom is -0.439 e. The zero-order valence-corrected chi connectivity index (χ0v) is 17.3. The molecular weight excluding hydrogens is 397 g/mol. The molecule has 0 aliphatic carbocycles. The van der Waals surface area contributed by atoms with E-state index in [-0.39, 0.29) is 6.54 Å². The zero-order valence-electron chi connectivity index (χ0n) is 17.3. The van der Waals surface area contributed by atoms with Crippen molar-refractivity contribution in [3.63, 3.8) is 0 Å². The van der Waals surface area contributed by atoms with E-state index < -0.39 is 6.17 Å². The Bertz CT molecular complexity index is 1080. The van der Waals surface area contributed by atoms with E-state index in [0.717, 1.165) is 31.7 Å². The lowest BCUT2D eigenvalue weighted by atomic mass is 9.97. The molecule has 3 heterocycles. The van der Waals surface area contributed by atoms with Gasteiger partial charge in [-0.3, -0.25) is 4.98 Å². The number of aryl methyl sites for hydroxylation is 1. The Balaban J connectivity index is 1.65. The van der Waals surface area contributed by atoms with E-state index in [4.69, 9.17) is 15.2 Å². The van der Waals surface area contributed by atoms with Crippen LogP contribution in [0.15, 0.2) is 42.6 Å². The van der Waals surface area contributed by atoms with Gasteiger partial charge in [-0.2, -0.15) is 10.4 Å². The Hall–Kier alpha value is -3.28. The van der Waals surface area contributed by atoms with E-state index >= 15 is 0 Å². The molecule has 8 heteroatoms. The molecule has 1 fully saturated rings. The quantitative estimate of drug-likeness (QED) is 0.646. The molecule has 7 nitrogen and oxygen atoms in total. The second-order valence-corrected chi connectivity index (χ2v) is 7.52. The van der Waals surface area contributed by atoms with Crippen molar-refractivity contribution < 1.29 is 13.9 Å². The van der Waals surface area contributed by atoms with Gasteiger partial charge in [-0.25, -0.2) is 9.07 Å². The molecule has 0 unspecified atom stereocenters. The van der Waals surface area contributed by atoms with Crippen LogP contribution in [0.3, 0.4) is 0 Å². The number of alkyl halides is 1. The van der Waals surface area contributed by atoms with E-state index in [0.29, 0.717) is 39.9 Å². The molecule has 4 rings (SSSR count). The molecule has 1 aromatic carbocycles. The highest BCUT2D eigenvalue weighted by Crippen LogP contribution is 2.35. The summed E-state index contributed by atoms with van der Waals surface area (Å²) in [6, 6.07) is 12.6. The molecule has 2 aromatic heterocycles. The molecule has 0 bridgehead atoms. The maximum absolute atomic E-state index is 13.8. The summed E-state index contributed by atoms with van der Waals surface area (Å²) in [5.74, 6) is 1.39. The number of nitrogens with zero attached hydrogens (tertiary/aromatic N) is 4. The molecule has 0 radical (unpaired) electrons. The van der Waals surface area contributed by atoms with E-state index in [1.165, 1.54) is 6.20 Å². The summed E-state index contributed by atoms with van der Waals surface area (Å²) < 4.78 is 27.1. The Morgan fingerprint density at radius 2 is 2.10 bits per heavy atom. The number of pyridine rings is 1. The van der Waals surface area contributed by atoms with Gasteiger partial charge in [-0.05, 0) is 37.1 Å². The first kappa shape index (κ1) is 21.0. The van der Waals surface area contributed by atoms with E-state index in [1.807, 2.05) is 13.1 Å². The molecule has 0 saturated carbocycles. The summed E-state index contributed by atoms with van der Waals surface area (Å²) in [4.78, 5) is 4.38. The predicted molar refractivity (Wildman–Crippen MR) is 113 cm³/mol. The monoisotopic (exact) mass is 421 g/mol. The largest absolute Gasteiger partial charge is 0.439 e. The smallest absolute Gasteiger partial charge is 0.217 e. The average Bonchev–Trinajstić information content (AvgIpc) is 3.19. The maximum atomic E-state index is 13.8. The van der Waals surface area contributed by atoms with Gasteiger partial charge in [0.25, 0.3) is 0 Å².